The molecule has 3 aliphatic rings. The summed E-state index contributed by atoms with van der Waals surface area (Å²) in [6.07, 6.45) is 3.72. The summed E-state index contributed by atoms with van der Waals surface area (Å²) >= 11 is 6.29. The van der Waals surface area contributed by atoms with Gasteiger partial charge in [0.15, 0.2) is 0 Å². The number of anilines is 2. The van der Waals surface area contributed by atoms with E-state index >= 15 is 0 Å². The van der Waals surface area contributed by atoms with Crippen LogP contribution >= 0.6 is 11.6 Å². The molecule has 0 atom stereocenters. The molecule has 216 valence electrons. The summed E-state index contributed by atoms with van der Waals surface area (Å²) in [4.78, 5) is 28.2. The van der Waals surface area contributed by atoms with Crippen LogP contribution in [0.15, 0.2) is 60.7 Å². The van der Waals surface area contributed by atoms with Gasteiger partial charge < -0.3 is 24.8 Å². The molecule has 3 aliphatic heterocycles. The SMILES string of the molecule is COc1cc(NC(=O)CCCc2ccc(-c3ccccc3)c(NC(=O)OC34CCN(CC3)CC4)c2)c(Cl)cc1CO. The van der Waals surface area contributed by atoms with E-state index in [1.54, 1.807) is 12.1 Å². The molecular weight excluding hydrogens is 542 g/mol. The lowest BCUT2D eigenvalue weighted by atomic mass is 9.83. The number of halogens is 1. The third-order valence-electron chi connectivity index (χ3n) is 8.05. The van der Waals surface area contributed by atoms with Crippen molar-refractivity contribution in [2.24, 2.45) is 0 Å². The van der Waals surface area contributed by atoms with Gasteiger partial charge in [-0.15, -0.1) is 0 Å². The molecule has 3 saturated heterocycles. The van der Waals surface area contributed by atoms with Crippen molar-refractivity contribution in [2.75, 3.05) is 37.4 Å². The molecule has 0 aliphatic carbocycles. The lowest BCUT2D eigenvalue weighted by Gasteiger charge is -2.47. The number of hydrogen-bond donors (Lipinski definition) is 3. The van der Waals surface area contributed by atoms with Crippen molar-refractivity contribution in [2.45, 2.75) is 50.7 Å². The highest BCUT2D eigenvalue weighted by Crippen LogP contribution is 2.36. The smallest absolute Gasteiger partial charge is 0.412 e. The van der Waals surface area contributed by atoms with Crippen molar-refractivity contribution in [1.82, 2.24) is 4.90 Å². The van der Waals surface area contributed by atoms with E-state index in [0.29, 0.717) is 40.6 Å². The molecule has 41 heavy (non-hydrogen) atoms. The number of fused-ring (bicyclic) bond motifs is 3. The Balaban J connectivity index is 1.24. The maximum absolute atomic E-state index is 13.1. The fraction of sp³-hybridized carbons (Fsp3) is 0.375. The van der Waals surface area contributed by atoms with Gasteiger partial charge in [-0.1, -0.05) is 54.1 Å². The largest absolute Gasteiger partial charge is 0.496 e. The second-order valence-electron chi connectivity index (χ2n) is 10.7. The second-order valence-corrected chi connectivity index (χ2v) is 11.1. The number of amides is 2. The molecule has 6 rings (SSSR count). The standard InChI is InChI=1S/C32H36ClN3O5/c1-40-29-20-28(26(33)19-24(29)21-37)34-30(38)9-5-6-22-10-11-25(23-7-3-2-4-8-23)27(18-22)35-31(39)41-32-12-15-36(16-13-32)17-14-32/h2-4,7-8,10-11,18-20,37H,5-6,9,12-17,21H2,1H3,(H,34,38)(H,35,39). The number of aryl methyl sites for hydroxylation is 1. The van der Waals surface area contributed by atoms with Crippen molar-refractivity contribution in [3.8, 4) is 16.9 Å². The summed E-state index contributed by atoms with van der Waals surface area (Å²) in [7, 11) is 1.50. The van der Waals surface area contributed by atoms with E-state index in [2.05, 4.69) is 15.5 Å². The predicted molar refractivity (Wildman–Crippen MR) is 160 cm³/mol. The lowest BCUT2D eigenvalue weighted by molar-refractivity contribution is -0.116. The third-order valence-corrected chi connectivity index (χ3v) is 8.36. The van der Waals surface area contributed by atoms with Gasteiger partial charge in [-0.2, -0.15) is 0 Å². The van der Waals surface area contributed by atoms with Crippen molar-refractivity contribution < 1.29 is 24.2 Å². The van der Waals surface area contributed by atoms with E-state index < -0.39 is 6.09 Å². The van der Waals surface area contributed by atoms with Gasteiger partial charge in [0.25, 0.3) is 0 Å². The summed E-state index contributed by atoms with van der Waals surface area (Å²) < 4.78 is 11.3. The van der Waals surface area contributed by atoms with E-state index in [0.717, 1.165) is 55.6 Å². The van der Waals surface area contributed by atoms with Gasteiger partial charge in [-0.05, 0) is 36.1 Å². The minimum absolute atomic E-state index is 0.175. The fourth-order valence-corrected chi connectivity index (χ4v) is 5.90. The molecule has 0 aromatic heterocycles. The number of aliphatic hydroxyl groups excluding tert-OH is 1. The average molecular weight is 578 g/mol. The Bertz CT molecular complexity index is 1380. The van der Waals surface area contributed by atoms with Crippen LogP contribution in [0.5, 0.6) is 5.75 Å². The topological polar surface area (TPSA) is 100 Å². The monoisotopic (exact) mass is 577 g/mol. The van der Waals surface area contributed by atoms with Gasteiger partial charge in [0.2, 0.25) is 5.91 Å². The zero-order valence-electron chi connectivity index (χ0n) is 23.2. The number of carbonyl (C=O) groups is 2. The first-order chi connectivity index (χ1) is 19.9. The van der Waals surface area contributed by atoms with Gasteiger partial charge in [-0.3, -0.25) is 10.1 Å². The molecule has 3 aromatic carbocycles. The van der Waals surface area contributed by atoms with Crippen molar-refractivity contribution >= 4 is 35.0 Å². The molecule has 3 heterocycles. The molecule has 2 amide bonds. The second kappa shape index (κ2) is 12.9. The van der Waals surface area contributed by atoms with Gasteiger partial charge in [-0.25, -0.2) is 4.79 Å². The van der Waals surface area contributed by atoms with Crippen LogP contribution in [0.2, 0.25) is 5.02 Å². The Morgan fingerprint density at radius 1 is 0.976 bits per heavy atom. The number of benzene rings is 3. The van der Waals surface area contributed by atoms with E-state index in [1.165, 1.54) is 7.11 Å². The molecule has 8 nitrogen and oxygen atoms in total. The van der Waals surface area contributed by atoms with Crippen LogP contribution in [-0.2, 0) is 22.6 Å². The maximum atomic E-state index is 13.1. The van der Waals surface area contributed by atoms with Gasteiger partial charge in [0.1, 0.15) is 11.4 Å². The Morgan fingerprint density at radius 3 is 2.39 bits per heavy atom. The molecule has 0 radical (unpaired) electrons. The zero-order chi connectivity index (χ0) is 28.8. The number of methoxy groups -OCH3 is 1. The van der Waals surface area contributed by atoms with Crippen LogP contribution < -0.4 is 15.4 Å². The highest BCUT2D eigenvalue weighted by atomic mass is 35.5. The summed E-state index contributed by atoms with van der Waals surface area (Å²) in [5.41, 5.74) is 4.21. The summed E-state index contributed by atoms with van der Waals surface area (Å²) in [6, 6.07) is 19.1. The van der Waals surface area contributed by atoms with E-state index in [9.17, 15) is 14.7 Å². The molecule has 2 bridgehead atoms. The van der Waals surface area contributed by atoms with Crippen LogP contribution in [0.3, 0.4) is 0 Å². The van der Waals surface area contributed by atoms with E-state index in [4.69, 9.17) is 21.1 Å². The number of ether oxygens (including phenoxy) is 2. The summed E-state index contributed by atoms with van der Waals surface area (Å²) in [5.74, 6) is 0.282. The van der Waals surface area contributed by atoms with Crippen molar-refractivity contribution in [3.63, 3.8) is 0 Å². The molecule has 0 saturated carbocycles. The van der Waals surface area contributed by atoms with Gasteiger partial charge in [0.05, 0.1) is 30.1 Å². The highest BCUT2D eigenvalue weighted by molar-refractivity contribution is 6.33. The first kappa shape index (κ1) is 28.9. The Kier molecular flexibility index (Phi) is 9.12. The Hall–Kier alpha value is -3.59. The third kappa shape index (κ3) is 7.01. The predicted octanol–water partition coefficient (Wildman–Crippen LogP) is 6.26. The molecule has 3 N–H and O–H groups in total. The van der Waals surface area contributed by atoms with Crippen LogP contribution in [0.1, 0.15) is 43.2 Å². The van der Waals surface area contributed by atoms with Crippen LogP contribution in [0, 0.1) is 0 Å². The molecular formula is C32H36ClN3O5. The minimum Gasteiger partial charge on any atom is -0.496 e. The zero-order valence-corrected chi connectivity index (χ0v) is 24.0. The lowest BCUT2D eigenvalue weighted by Crippen LogP contribution is -2.54. The highest BCUT2D eigenvalue weighted by Gasteiger charge is 2.42. The fourth-order valence-electron chi connectivity index (χ4n) is 5.67. The normalized spacial score (nSPS) is 19.4. The number of piperidine rings is 3. The number of nitrogens with zero attached hydrogens (tertiary/aromatic N) is 1. The minimum atomic E-state index is -0.423. The quantitative estimate of drug-likeness (QED) is 0.263. The number of carbonyl (C=O) groups excluding carboxylic acids is 2. The van der Waals surface area contributed by atoms with Crippen LogP contribution in [0.4, 0.5) is 16.2 Å². The van der Waals surface area contributed by atoms with Crippen LogP contribution in [0.25, 0.3) is 11.1 Å². The van der Waals surface area contributed by atoms with Crippen molar-refractivity contribution in [1.29, 1.82) is 0 Å². The van der Waals surface area contributed by atoms with E-state index in [-0.39, 0.29) is 24.5 Å². The number of aliphatic hydroxyl groups is 1. The molecule has 0 spiro atoms. The summed E-state index contributed by atoms with van der Waals surface area (Å²) in [5, 5.41) is 15.7. The van der Waals surface area contributed by atoms with Gasteiger partial charge in [0, 0.05) is 62.5 Å². The maximum Gasteiger partial charge on any atom is 0.412 e. The molecule has 9 heteroatoms. The first-order valence-electron chi connectivity index (χ1n) is 14.1. The first-order valence-corrected chi connectivity index (χ1v) is 14.4. The number of nitrogens with one attached hydrogen (secondary N) is 2. The summed E-state index contributed by atoms with van der Waals surface area (Å²) in [6.45, 7) is 2.70. The van der Waals surface area contributed by atoms with Crippen molar-refractivity contribution in [3.05, 3.63) is 76.8 Å². The van der Waals surface area contributed by atoms with Gasteiger partial charge >= 0.3 is 6.09 Å². The van der Waals surface area contributed by atoms with E-state index in [1.807, 2.05) is 48.5 Å². The molecule has 3 aromatic rings. The molecule has 0 unspecified atom stereocenters. The number of rotatable bonds is 10. The van der Waals surface area contributed by atoms with Crippen LogP contribution in [-0.4, -0.2) is 54.4 Å². The molecule has 3 fully saturated rings. The average Bonchev–Trinajstić information content (AvgIpc) is 2.99. The Morgan fingerprint density at radius 2 is 1.71 bits per heavy atom. The number of hydrogen-bond acceptors (Lipinski definition) is 6. The Labute approximate surface area is 245 Å².